The van der Waals surface area contributed by atoms with Gasteiger partial charge < -0.3 is 19.5 Å². The van der Waals surface area contributed by atoms with Crippen molar-refractivity contribution in [3.05, 3.63) is 46.5 Å². The summed E-state index contributed by atoms with van der Waals surface area (Å²) in [6, 6.07) is 7.56. The Labute approximate surface area is 208 Å². The molecule has 0 heterocycles. The first kappa shape index (κ1) is 26.7. The number of ether oxygens (including phenoxy) is 2. The van der Waals surface area contributed by atoms with Crippen molar-refractivity contribution < 1.29 is 24.2 Å². The van der Waals surface area contributed by atoms with E-state index in [1.807, 2.05) is 36.1 Å². The summed E-state index contributed by atoms with van der Waals surface area (Å²) < 4.78 is 10.7. The molecule has 0 aliphatic heterocycles. The van der Waals surface area contributed by atoms with E-state index in [-0.39, 0.29) is 42.2 Å². The van der Waals surface area contributed by atoms with E-state index in [2.05, 4.69) is 19.9 Å². The summed E-state index contributed by atoms with van der Waals surface area (Å²) >= 11 is 6.38. The van der Waals surface area contributed by atoms with Crippen LogP contribution in [0, 0.1) is 23.7 Å². The molecule has 1 saturated carbocycles. The summed E-state index contributed by atoms with van der Waals surface area (Å²) in [5.41, 5.74) is 0.938. The highest BCUT2D eigenvalue weighted by molar-refractivity contribution is 6.31. The van der Waals surface area contributed by atoms with Gasteiger partial charge in [-0.15, -0.1) is 0 Å². The molecule has 1 amide bonds. The minimum atomic E-state index is -0.944. The van der Waals surface area contributed by atoms with E-state index >= 15 is 0 Å². The minimum absolute atomic E-state index is 0.00924. The summed E-state index contributed by atoms with van der Waals surface area (Å²) in [6.45, 7) is 8.58. The summed E-state index contributed by atoms with van der Waals surface area (Å²) in [4.78, 5) is 26.3. The quantitative estimate of drug-likeness (QED) is 0.424. The molecule has 1 aromatic rings. The third-order valence-corrected chi connectivity index (χ3v) is 8.14. The fourth-order valence-corrected chi connectivity index (χ4v) is 5.98. The van der Waals surface area contributed by atoms with Crippen molar-refractivity contribution in [3.63, 3.8) is 0 Å². The van der Waals surface area contributed by atoms with Crippen LogP contribution in [0.1, 0.15) is 52.5 Å². The third-order valence-electron chi connectivity index (χ3n) is 7.77. The van der Waals surface area contributed by atoms with Crippen LogP contribution in [-0.2, 0) is 25.6 Å². The average molecular weight is 492 g/mol. The number of aliphatic hydroxyl groups is 1. The van der Waals surface area contributed by atoms with Gasteiger partial charge in [-0.25, -0.2) is 0 Å². The second-order valence-electron chi connectivity index (χ2n) is 10.1. The van der Waals surface area contributed by atoms with Gasteiger partial charge in [-0.1, -0.05) is 49.7 Å². The molecule has 0 saturated heterocycles. The van der Waals surface area contributed by atoms with Crippen molar-refractivity contribution in [3.8, 4) is 0 Å². The van der Waals surface area contributed by atoms with Crippen LogP contribution in [0.3, 0.4) is 0 Å². The predicted molar refractivity (Wildman–Crippen MR) is 132 cm³/mol. The zero-order chi connectivity index (χ0) is 25.0. The number of esters is 1. The summed E-state index contributed by atoms with van der Waals surface area (Å²) in [5, 5.41) is 12.5. The van der Waals surface area contributed by atoms with Gasteiger partial charge in [-0.05, 0) is 54.7 Å². The van der Waals surface area contributed by atoms with Crippen LogP contribution in [0.5, 0.6) is 0 Å². The highest BCUT2D eigenvalue weighted by atomic mass is 35.5. The topological polar surface area (TPSA) is 76.1 Å². The van der Waals surface area contributed by atoms with Crippen LogP contribution >= 0.6 is 11.6 Å². The molecule has 6 nitrogen and oxygen atoms in total. The van der Waals surface area contributed by atoms with E-state index in [0.29, 0.717) is 24.5 Å². The number of nitrogens with zero attached hydrogens (tertiary/aromatic N) is 1. The van der Waals surface area contributed by atoms with Crippen molar-refractivity contribution in [2.24, 2.45) is 23.7 Å². The maximum Gasteiger partial charge on any atom is 0.303 e. The Morgan fingerprint density at radius 1 is 1.29 bits per heavy atom. The van der Waals surface area contributed by atoms with Gasteiger partial charge >= 0.3 is 5.97 Å². The van der Waals surface area contributed by atoms with Crippen LogP contribution in [-0.4, -0.2) is 53.8 Å². The lowest BCUT2D eigenvalue weighted by Crippen LogP contribution is -2.56. The Bertz CT molecular complexity index is 918. The molecule has 1 fully saturated rings. The van der Waals surface area contributed by atoms with Crippen LogP contribution in [0.4, 0.5) is 0 Å². The Morgan fingerprint density at radius 3 is 2.65 bits per heavy atom. The van der Waals surface area contributed by atoms with E-state index in [0.717, 1.165) is 24.0 Å². The molecule has 0 spiro atoms. The maximum atomic E-state index is 12.9. The fraction of sp³-hybridized carbons (Fsp3) is 0.630. The highest BCUT2D eigenvalue weighted by Gasteiger charge is 2.52. The van der Waals surface area contributed by atoms with Gasteiger partial charge in [0.1, 0.15) is 12.7 Å². The smallest absolute Gasteiger partial charge is 0.303 e. The second kappa shape index (κ2) is 11.2. The van der Waals surface area contributed by atoms with Gasteiger partial charge in [-0.3, -0.25) is 9.59 Å². The largest absolute Gasteiger partial charge is 0.458 e. The highest BCUT2D eigenvalue weighted by Crippen LogP contribution is 2.51. The normalized spacial score (nSPS) is 29.6. The molecule has 6 atom stereocenters. The van der Waals surface area contributed by atoms with Crippen LogP contribution in [0.15, 0.2) is 35.9 Å². The minimum Gasteiger partial charge on any atom is -0.458 e. The van der Waals surface area contributed by atoms with Crippen molar-refractivity contribution in [2.75, 3.05) is 20.3 Å². The molecule has 0 bridgehead atoms. The van der Waals surface area contributed by atoms with Gasteiger partial charge in [0.2, 0.25) is 5.91 Å². The molecule has 0 radical (unpaired) electrons. The first-order chi connectivity index (χ1) is 16.1. The van der Waals surface area contributed by atoms with Crippen molar-refractivity contribution >= 4 is 23.5 Å². The monoisotopic (exact) mass is 491 g/mol. The number of methoxy groups -OCH3 is 1. The van der Waals surface area contributed by atoms with Crippen LogP contribution < -0.4 is 0 Å². The van der Waals surface area contributed by atoms with Gasteiger partial charge in [0.15, 0.2) is 0 Å². The Morgan fingerprint density at radius 2 is 2.00 bits per heavy atom. The van der Waals surface area contributed by atoms with Gasteiger partial charge in [-0.2, -0.15) is 0 Å². The van der Waals surface area contributed by atoms with E-state index in [9.17, 15) is 14.7 Å². The van der Waals surface area contributed by atoms with E-state index in [1.54, 1.807) is 0 Å². The number of amides is 1. The molecular formula is C27H38ClNO5. The first-order valence-corrected chi connectivity index (χ1v) is 12.5. The molecular weight excluding hydrogens is 454 g/mol. The van der Waals surface area contributed by atoms with Crippen LogP contribution in [0.2, 0.25) is 5.02 Å². The van der Waals surface area contributed by atoms with Gasteiger partial charge in [0.25, 0.3) is 0 Å². The molecule has 34 heavy (non-hydrogen) atoms. The Kier molecular flexibility index (Phi) is 8.82. The first-order valence-electron chi connectivity index (χ1n) is 12.1. The SMILES string of the molecule is COCC(=O)N(Cc1ccccc1Cl)C[C@@H](C)[C@@H]1CC[C@@H](C)[C@]2(O)C[C@@H](OC(C)=O)C(C)=C[C@H]12. The maximum absolute atomic E-state index is 12.9. The van der Waals surface area contributed by atoms with E-state index in [1.165, 1.54) is 14.0 Å². The molecule has 2 aliphatic carbocycles. The lowest BCUT2D eigenvalue weighted by molar-refractivity contribution is -0.159. The van der Waals surface area contributed by atoms with E-state index < -0.39 is 11.7 Å². The Hall–Kier alpha value is -1.89. The number of hydrogen-bond donors (Lipinski definition) is 1. The lowest BCUT2D eigenvalue weighted by atomic mass is 9.57. The molecule has 1 N–H and O–H groups in total. The zero-order valence-electron chi connectivity index (χ0n) is 20.9. The summed E-state index contributed by atoms with van der Waals surface area (Å²) in [5.74, 6) is -0.0466. The summed E-state index contributed by atoms with van der Waals surface area (Å²) in [7, 11) is 1.52. The third kappa shape index (κ3) is 5.84. The number of carbonyl (C=O) groups excluding carboxylic acids is 2. The zero-order valence-corrected chi connectivity index (χ0v) is 21.7. The lowest BCUT2D eigenvalue weighted by Gasteiger charge is -2.53. The number of benzene rings is 1. The van der Waals surface area contributed by atoms with Crippen LogP contribution in [0.25, 0.3) is 0 Å². The standard InChI is InChI=1S/C27H38ClNO5/c1-17-12-23-22(11-10-19(3)27(23,32)13-25(17)34-20(4)30)18(2)14-29(26(31)16-33-5)15-21-8-6-7-9-24(21)28/h6-9,12,18-19,22-23,25,32H,10-11,13-16H2,1-5H3/t18-,19-,22+,23-,25-,27-/m1/s1. The number of rotatable bonds is 8. The number of hydrogen-bond acceptors (Lipinski definition) is 5. The molecule has 0 aromatic heterocycles. The van der Waals surface area contributed by atoms with Crippen molar-refractivity contribution in [1.29, 1.82) is 0 Å². The molecule has 3 rings (SSSR count). The Balaban J connectivity index is 1.84. The number of fused-ring (bicyclic) bond motifs is 1. The summed E-state index contributed by atoms with van der Waals surface area (Å²) in [6.07, 6.45) is 3.99. The van der Waals surface area contributed by atoms with Gasteiger partial charge in [0.05, 0.1) is 5.60 Å². The number of halogens is 1. The molecule has 0 unspecified atom stereocenters. The molecule has 7 heteroatoms. The molecule has 188 valence electrons. The molecule has 1 aromatic carbocycles. The van der Waals surface area contributed by atoms with Gasteiger partial charge in [0, 0.05) is 44.5 Å². The number of carbonyl (C=O) groups is 2. The van der Waals surface area contributed by atoms with E-state index in [4.69, 9.17) is 21.1 Å². The van der Waals surface area contributed by atoms with Crippen molar-refractivity contribution in [2.45, 2.75) is 65.2 Å². The second-order valence-corrected chi connectivity index (χ2v) is 10.6. The fourth-order valence-electron chi connectivity index (χ4n) is 5.78. The predicted octanol–water partition coefficient (Wildman–Crippen LogP) is 4.63. The van der Waals surface area contributed by atoms with Crippen molar-refractivity contribution in [1.82, 2.24) is 4.90 Å². The molecule has 2 aliphatic rings. The average Bonchev–Trinajstić information content (AvgIpc) is 2.77.